The summed E-state index contributed by atoms with van der Waals surface area (Å²) in [6.07, 6.45) is 3.33. The van der Waals surface area contributed by atoms with Gasteiger partial charge in [0.1, 0.15) is 10.7 Å². The molecule has 1 amide bonds. The molecule has 9 nitrogen and oxygen atoms in total. The maximum Gasteiger partial charge on any atom is 0.253 e. The van der Waals surface area contributed by atoms with E-state index in [1.54, 1.807) is 23.4 Å². The van der Waals surface area contributed by atoms with Crippen LogP contribution < -0.4 is 0 Å². The molecule has 0 radical (unpaired) electrons. The van der Waals surface area contributed by atoms with Crippen LogP contribution in [0.5, 0.6) is 0 Å². The molecule has 0 aliphatic carbocycles. The van der Waals surface area contributed by atoms with Crippen molar-refractivity contribution in [3.8, 4) is 0 Å². The van der Waals surface area contributed by atoms with E-state index in [4.69, 9.17) is 0 Å². The summed E-state index contributed by atoms with van der Waals surface area (Å²) < 4.78 is 41.9. The number of thioether (sulfide) groups is 1. The van der Waals surface area contributed by atoms with Crippen LogP contribution in [0, 0.1) is 5.82 Å². The minimum Gasteiger partial charge on any atom is -0.339 e. The first-order chi connectivity index (χ1) is 13.9. The second kappa shape index (κ2) is 8.05. The van der Waals surface area contributed by atoms with Crippen molar-refractivity contribution in [3.63, 3.8) is 0 Å². The Morgan fingerprint density at radius 2 is 1.90 bits per heavy atom. The number of carbonyl (C=O) groups is 1. The van der Waals surface area contributed by atoms with Crippen molar-refractivity contribution in [2.45, 2.75) is 10.1 Å². The molecule has 3 aromatic rings. The Morgan fingerprint density at radius 1 is 1.14 bits per heavy atom. The van der Waals surface area contributed by atoms with Crippen LogP contribution in [0.15, 0.2) is 52.8 Å². The zero-order valence-electron chi connectivity index (χ0n) is 15.2. The Hall–Kier alpha value is -2.57. The van der Waals surface area contributed by atoms with Crippen molar-refractivity contribution >= 4 is 33.5 Å². The van der Waals surface area contributed by atoms with Gasteiger partial charge in [0.15, 0.2) is 0 Å². The zero-order valence-corrected chi connectivity index (χ0v) is 16.8. The fraction of sp³-hybridized carbons (Fsp3) is 0.294. The summed E-state index contributed by atoms with van der Waals surface area (Å²) in [4.78, 5) is 22.0. The van der Waals surface area contributed by atoms with Crippen LogP contribution in [0.3, 0.4) is 0 Å². The number of amides is 1. The molecule has 0 N–H and O–H groups in total. The van der Waals surface area contributed by atoms with E-state index in [2.05, 4.69) is 15.1 Å². The minimum atomic E-state index is -3.93. The summed E-state index contributed by atoms with van der Waals surface area (Å²) in [5.41, 5.74) is 0. The maximum atomic E-state index is 13.9. The second-order valence-electron chi connectivity index (χ2n) is 6.26. The molecule has 29 heavy (non-hydrogen) atoms. The lowest BCUT2D eigenvalue weighted by molar-refractivity contribution is -0.129. The molecule has 0 spiro atoms. The summed E-state index contributed by atoms with van der Waals surface area (Å²) in [5.74, 6) is -0.326. The number of hydrogen-bond donors (Lipinski definition) is 0. The third-order valence-electron chi connectivity index (χ3n) is 4.47. The van der Waals surface area contributed by atoms with Gasteiger partial charge < -0.3 is 4.90 Å². The molecule has 1 aliphatic rings. The largest absolute Gasteiger partial charge is 0.339 e. The average Bonchev–Trinajstić information content (AvgIpc) is 3.15. The SMILES string of the molecule is O=C(CSc1nc2ncccn2n1)N1CCN(S(=O)(=O)c2ccccc2F)CC1. The molecule has 1 aromatic carbocycles. The number of halogens is 1. The molecule has 1 saturated heterocycles. The second-order valence-corrected chi connectivity index (χ2v) is 9.11. The van der Waals surface area contributed by atoms with Crippen molar-refractivity contribution in [2.75, 3.05) is 31.9 Å². The summed E-state index contributed by atoms with van der Waals surface area (Å²) in [6, 6.07) is 7.02. The molecule has 0 bridgehead atoms. The van der Waals surface area contributed by atoms with E-state index in [-0.39, 0.29) is 42.7 Å². The van der Waals surface area contributed by atoms with E-state index < -0.39 is 15.8 Å². The van der Waals surface area contributed by atoms with E-state index in [1.165, 1.54) is 38.8 Å². The van der Waals surface area contributed by atoms with E-state index in [0.29, 0.717) is 10.9 Å². The molecule has 0 saturated carbocycles. The van der Waals surface area contributed by atoms with E-state index in [0.717, 1.165) is 6.07 Å². The normalized spacial score (nSPS) is 15.7. The van der Waals surface area contributed by atoms with Crippen LogP contribution in [0.4, 0.5) is 4.39 Å². The fourth-order valence-corrected chi connectivity index (χ4v) is 5.18. The van der Waals surface area contributed by atoms with Gasteiger partial charge in [-0.25, -0.2) is 22.3 Å². The number of rotatable bonds is 5. The lowest BCUT2D eigenvalue weighted by Gasteiger charge is -2.34. The standard InChI is InChI=1S/C17H17FN6O3S2/c18-13-4-1-2-5-14(13)29(26,27)23-10-8-22(9-11-23)15(25)12-28-17-20-16-19-6-3-7-24(16)21-17/h1-7H,8-12H2. The molecular weight excluding hydrogens is 419 g/mol. The molecule has 0 atom stereocenters. The van der Waals surface area contributed by atoms with Crippen LogP contribution in [0.2, 0.25) is 0 Å². The van der Waals surface area contributed by atoms with Gasteiger partial charge in [-0.1, -0.05) is 23.9 Å². The number of carbonyl (C=O) groups excluding carboxylic acids is 1. The number of nitrogens with zero attached hydrogens (tertiary/aromatic N) is 6. The Balaban J connectivity index is 1.34. The Labute approximate surface area is 170 Å². The highest BCUT2D eigenvalue weighted by Gasteiger charge is 2.31. The van der Waals surface area contributed by atoms with Crippen molar-refractivity contribution in [1.82, 2.24) is 28.8 Å². The van der Waals surface area contributed by atoms with Gasteiger partial charge in [0.25, 0.3) is 5.78 Å². The predicted octanol–water partition coefficient (Wildman–Crippen LogP) is 0.889. The average molecular weight is 436 g/mol. The molecule has 152 valence electrons. The molecule has 3 heterocycles. The quantitative estimate of drug-likeness (QED) is 0.548. The number of aromatic nitrogens is 4. The molecule has 12 heteroatoms. The zero-order chi connectivity index (χ0) is 20.4. The third kappa shape index (κ3) is 4.09. The fourth-order valence-electron chi connectivity index (χ4n) is 2.96. The first-order valence-electron chi connectivity index (χ1n) is 8.78. The first-order valence-corrected chi connectivity index (χ1v) is 11.2. The lowest BCUT2D eigenvalue weighted by Crippen LogP contribution is -2.51. The molecule has 4 rings (SSSR count). The van der Waals surface area contributed by atoms with Gasteiger partial charge in [-0.15, -0.1) is 5.10 Å². The number of hydrogen-bond acceptors (Lipinski definition) is 7. The number of sulfonamides is 1. The summed E-state index contributed by atoms with van der Waals surface area (Å²) in [5, 5.41) is 4.67. The van der Waals surface area contributed by atoms with E-state index >= 15 is 0 Å². The number of piperazine rings is 1. The summed E-state index contributed by atoms with van der Waals surface area (Å²) in [7, 11) is -3.93. The monoisotopic (exact) mass is 436 g/mol. The third-order valence-corrected chi connectivity index (χ3v) is 7.22. The van der Waals surface area contributed by atoms with Gasteiger partial charge >= 0.3 is 0 Å². The smallest absolute Gasteiger partial charge is 0.253 e. The van der Waals surface area contributed by atoms with Gasteiger partial charge in [-0.05, 0) is 18.2 Å². The maximum absolute atomic E-state index is 13.9. The number of fused-ring (bicyclic) bond motifs is 1. The molecule has 2 aromatic heterocycles. The van der Waals surface area contributed by atoms with Gasteiger partial charge in [0.05, 0.1) is 5.75 Å². The molecule has 1 aliphatic heterocycles. The first kappa shape index (κ1) is 19.7. The highest BCUT2D eigenvalue weighted by Crippen LogP contribution is 2.21. The van der Waals surface area contributed by atoms with Crippen LogP contribution in [0.25, 0.3) is 5.78 Å². The van der Waals surface area contributed by atoms with Crippen molar-refractivity contribution < 1.29 is 17.6 Å². The molecule has 0 unspecified atom stereocenters. The Morgan fingerprint density at radius 3 is 2.62 bits per heavy atom. The van der Waals surface area contributed by atoms with Crippen LogP contribution in [0.1, 0.15) is 0 Å². The van der Waals surface area contributed by atoms with E-state index in [1.807, 2.05) is 0 Å². The van der Waals surface area contributed by atoms with Gasteiger partial charge in [0.2, 0.25) is 21.1 Å². The van der Waals surface area contributed by atoms with Crippen LogP contribution >= 0.6 is 11.8 Å². The van der Waals surface area contributed by atoms with Gasteiger partial charge in [-0.2, -0.15) is 9.29 Å². The highest BCUT2D eigenvalue weighted by atomic mass is 32.2. The van der Waals surface area contributed by atoms with Crippen molar-refractivity contribution in [1.29, 1.82) is 0 Å². The number of benzene rings is 1. The summed E-state index contributed by atoms with van der Waals surface area (Å²) >= 11 is 1.20. The highest BCUT2D eigenvalue weighted by molar-refractivity contribution is 7.99. The van der Waals surface area contributed by atoms with Gasteiger partial charge in [0, 0.05) is 38.6 Å². The molecular formula is C17H17FN6O3S2. The Kier molecular flexibility index (Phi) is 5.48. The molecule has 1 fully saturated rings. The lowest BCUT2D eigenvalue weighted by atomic mass is 10.3. The minimum absolute atomic E-state index is 0.115. The van der Waals surface area contributed by atoms with Crippen molar-refractivity contribution in [3.05, 3.63) is 48.5 Å². The van der Waals surface area contributed by atoms with Crippen molar-refractivity contribution in [2.24, 2.45) is 0 Å². The van der Waals surface area contributed by atoms with E-state index in [9.17, 15) is 17.6 Å². The predicted molar refractivity (Wildman–Crippen MR) is 103 cm³/mol. The summed E-state index contributed by atoms with van der Waals surface area (Å²) in [6.45, 7) is 0.716. The van der Waals surface area contributed by atoms with Gasteiger partial charge in [-0.3, -0.25) is 4.79 Å². The van der Waals surface area contributed by atoms with Crippen LogP contribution in [-0.2, 0) is 14.8 Å². The Bertz CT molecular complexity index is 1110. The van der Waals surface area contributed by atoms with Crippen LogP contribution in [-0.4, -0.2) is 75.0 Å². The topological polar surface area (TPSA) is 101 Å².